The first-order valence-electron chi connectivity index (χ1n) is 8.69. The zero-order valence-corrected chi connectivity index (χ0v) is 14.0. The molecule has 1 heterocycles. The van der Waals surface area contributed by atoms with Crippen LogP contribution in [0.15, 0.2) is 24.3 Å². The predicted octanol–water partition coefficient (Wildman–Crippen LogP) is 2.62. The summed E-state index contributed by atoms with van der Waals surface area (Å²) in [6, 6.07) is 5.52. The third-order valence-electron chi connectivity index (χ3n) is 5.18. The lowest BCUT2D eigenvalue weighted by atomic mass is 9.78. The smallest absolute Gasteiger partial charge is 0.366 e. The van der Waals surface area contributed by atoms with Gasteiger partial charge >= 0.3 is 6.18 Å². The lowest BCUT2D eigenvalue weighted by Gasteiger charge is -2.32. The average Bonchev–Trinajstić information content (AvgIpc) is 3.10. The van der Waals surface area contributed by atoms with E-state index in [4.69, 9.17) is 4.74 Å². The molecule has 2 fully saturated rings. The molecule has 1 aromatic rings. The minimum atomic E-state index is -4.36. The van der Waals surface area contributed by atoms with Crippen LogP contribution in [0.4, 0.5) is 13.2 Å². The Kier molecular flexibility index (Phi) is 5.34. The summed E-state index contributed by atoms with van der Waals surface area (Å²) in [7, 11) is 0. The maximum Gasteiger partial charge on any atom is 0.416 e. The van der Waals surface area contributed by atoms with Crippen LogP contribution in [0.5, 0.6) is 0 Å². The van der Waals surface area contributed by atoms with Crippen LogP contribution >= 0.6 is 0 Å². The lowest BCUT2D eigenvalue weighted by molar-refractivity contribution is -0.138. The van der Waals surface area contributed by atoms with Gasteiger partial charge in [-0.3, -0.25) is 4.79 Å². The quantitative estimate of drug-likeness (QED) is 0.872. The van der Waals surface area contributed by atoms with Crippen molar-refractivity contribution in [3.05, 3.63) is 35.4 Å². The van der Waals surface area contributed by atoms with Crippen molar-refractivity contribution in [2.24, 2.45) is 0 Å². The van der Waals surface area contributed by atoms with Crippen molar-refractivity contribution in [1.82, 2.24) is 10.6 Å². The SMILES string of the molecule is O=C(NCC1(c2cccc(C(F)(F)F)c2)CCCC1)C1CNCCO1. The number of hydrogen-bond donors (Lipinski definition) is 2. The number of halogens is 3. The molecule has 138 valence electrons. The van der Waals surface area contributed by atoms with E-state index in [0.29, 0.717) is 25.3 Å². The Balaban J connectivity index is 1.74. The minimum absolute atomic E-state index is 0.203. The molecule has 1 saturated carbocycles. The van der Waals surface area contributed by atoms with E-state index in [1.807, 2.05) is 0 Å². The molecule has 1 aliphatic carbocycles. The van der Waals surface area contributed by atoms with Gasteiger partial charge in [-0.05, 0) is 24.5 Å². The first kappa shape index (κ1) is 18.2. The maximum absolute atomic E-state index is 13.0. The van der Waals surface area contributed by atoms with Gasteiger partial charge in [0.1, 0.15) is 6.10 Å². The summed E-state index contributed by atoms with van der Waals surface area (Å²) in [6.07, 6.45) is -1.44. The highest BCUT2D eigenvalue weighted by Crippen LogP contribution is 2.42. The normalized spacial score (nSPS) is 23.4. The highest BCUT2D eigenvalue weighted by atomic mass is 19.4. The molecule has 2 N–H and O–H groups in total. The number of benzene rings is 1. The van der Waals surface area contributed by atoms with Crippen molar-refractivity contribution in [1.29, 1.82) is 0 Å². The average molecular weight is 356 g/mol. The number of ether oxygens (including phenoxy) is 1. The van der Waals surface area contributed by atoms with Crippen LogP contribution in [-0.2, 0) is 21.1 Å². The van der Waals surface area contributed by atoms with Gasteiger partial charge in [-0.2, -0.15) is 13.2 Å². The standard InChI is InChI=1S/C18H23F3N2O2/c19-18(20,21)14-5-3-4-13(10-14)17(6-1-2-7-17)12-23-16(24)15-11-22-8-9-25-15/h3-5,10,15,22H,1-2,6-9,11-12H2,(H,23,24). The van der Waals surface area contributed by atoms with Crippen molar-refractivity contribution in [3.8, 4) is 0 Å². The van der Waals surface area contributed by atoms with Gasteiger partial charge in [0.05, 0.1) is 12.2 Å². The van der Waals surface area contributed by atoms with Crippen molar-refractivity contribution in [3.63, 3.8) is 0 Å². The van der Waals surface area contributed by atoms with E-state index in [2.05, 4.69) is 10.6 Å². The van der Waals surface area contributed by atoms with Gasteiger partial charge in [-0.25, -0.2) is 0 Å². The number of nitrogens with one attached hydrogen (secondary N) is 2. The predicted molar refractivity (Wildman–Crippen MR) is 87.2 cm³/mol. The van der Waals surface area contributed by atoms with Crippen LogP contribution in [0.25, 0.3) is 0 Å². The van der Waals surface area contributed by atoms with Gasteiger partial charge in [0.15, 0.2) is 0 Å². The topological polar surface area (TPSA) is 50.4 Å². The molecule has 1 atom stereocenters. The first-order chi connectivity index (χ1) is 11.9. The monoisotopic (exact) mass is 356 g/mol. The minimum Gasteiger partial charge on any atom is -0.366 e. The largest absolute Gasteiger partial charge is 0.416 e. The molecule has 1 aromatic carbocycles. The van der Waals surface area contributed by atoms with Gasteiger partial charge < -0.3 is 15.4 Å². The van der Waals surface area contributed by atoms with Crippen molar-refractivity contribution >= 4 is 5.91 Å². The summed E-state index contributed by atoms with van der Waals surface area (Å²) >= 11 is 0. The van der Waals surface area contributed by atoms with Crippen LogP contribution in [0.2, 0.25) is 0 Å². The molecule has 4 nitrogen and oxygen atoms in total. The summed E-state index contributed by atoms with van der Waals surface area (Å²) in [5.74, 6) is -0.203. The molecule has 25 heavy (non-hydrogen) atoms. The first-order valence-corrected chi connectivity index (χ1v) is 8.69. The Labute approximate surface area is 145 Å². The number of morpholine rings is 1. The number of rotatable bonds is 4. The second-order valence-electron chi connectivity index (χ2n) is 6.85. The van der Waals surface area contributed by atoms with E-state index in [-0.39, 0.29) is 5.91 Å². The van der Waals surface area contributed by atoms with Crippen molar-refractivity contribution in [2.45, 2.75) is 43.4 Å². The van der Waals surface area contributed by atoms with Gasteiger partial charge in [0.25, 0.3) is 0 Å². The molecule has 1 saturated heterocycles. The molecule has 1 unspecified atom stereocenters. The van der Waals surface area contributed by atoms with Gasteiger partial charge in [0, 0.05) is 25.0 Å². The number of amides is 1. The van der Waals surface area contributed by atoms with Gasteiger partial charge in [-0.1, -0.05) is 31.0 Å². The third kappa shape index (κ3) is 4.15. The van der Waals surface area contributed by atoms with E-state index in [9.17, 15) is 18.0 Å². The fraction of sp³-hybridized carbons (Fsp3) is 0.611. The Hall–Kier alpha value is -1.60. The Morgan fingerprint density at radius 3 is 2.72 bits per heavy atom. The van der Waals surface area contributed by atoms with Gasteiger partial charge in [0.2, 0.25) is 5.91 Å². The van der Waals surface area contributed by atoms with Crippen molar-refractivity contribution < 1.29 is 22.7 Å². The summed E-state index contributed by atoms with van der Waals surface area (Å²) < 4.78 is 44.6. The lowest BCUT2D eigenvalue weighted by Crippen LogP contribution is -2.50. The molecule has 2 aliphatic rings. The van der Waals surface area contributed by atoms with Crippen LogP contribution in [-0.4, -0.2) is 38.3 Å². The maximum atomic E-state index is 13.0. The number of hydrogen-bond acceptors (Lipinski definition) is 3. The Morgan fingerprint density at radius 2 is 2.08 bits per heavy atom. The van der Waals surface area contributed by atoms with E-state index < -0.39 is 23.3 Å². The molecule has 1 aliphatic heterocycles. The molecular formula is C18H23F3N2O2. The van der Waals surface area contributed by atoms with Crippen LogP contribution < -0.4 is 10.6 Å². The molecule has 0 aromatic heterocycles. The second-order valence-corrected chi connectivity index (χ2v) is 6.85. The number of alkyl halides is 3. The zero-order chi connectivity index (χ0) is 17.9. The van der Waals surface area contributed by atoms with Crippen LogP contribution in [0, 0.1) is 0 Å². The summed E-state index contributed by atoms with van der Waals surface area (Å²) in [5.41, 5.74) is -0.413. The van der Waals surface area contributed by atoms with E-state index in [1.165, 1.54) is 12.1 Å². The van der Waals surface area contributed by atoms with E-state index in [1.54, 1.807) is 6.07 Å². The van der Waals surface area contributed by atoms with E-state index >= 15 is 0 Å². The molecule has 3 rings (SSSR count). The molecule has 0 radical (unpaired) electrons. The van der Waals surface area contributed by atoms with Gasteiger partial charge in [-0.15, -0.1) is 0 Å². The highest BCUT2D eigenvalue weighted by molar-refractivity contribution is 5.81. The fourth-order valence-corrected chi connectivity index (χ4v) is 3.75. The Bertz CT molecular complexity index is 607. The summed E-state index contributed by atoms with van der Waals surface area (Å²) in [6.45, 7) is 2.00. The van der Waals surface area contributed by atoms with E-state index in [0.717, 1.165) is 38.3 Å². The molecular weight excluding hydrogens is 333 g/mol. The van der Waals surface area contributed by atoms with Crippen LogP contribution in [0.3, 0.4) is 0 Å². The third-order valence-corrected chi connectivity index (χ3v) is 5.18. The zero-order valence-electron chi connectivity index (χ0n) is 14.0. The number of carbonyl (C=O) groups is 1. The van der Waals surface area contributed by atoms with Crippen LogP contribution in [0.1, 0.15) is 36.8 Å². The Morgan fingerprint density at radius 1 is 1.32 bits per heavy atom. The molecule has 1 amide bonds. The fourth-order valence-electron chi connectivity index (χ4n) is 3.75. The second kappa shape index (κ2) is 7.33. The van der Waals surface area contributed by atoms with Crippen molar-refractivity contribution in [2.75, 3.05) is 26.2 Å². The molecule has 0 spiro atoms. The number of carbonyl (C=O) groups excluding carboxylic acids is 1. The summed E-state index contributed by atoms with van der Waals surface area (Å²) in [5, 5.41) is 6.00. The molecule has 0 bridgehead atoms. The molecule has 7 heteroatoms. The highest BCUT2D eigenvalue weighted by Gasteiger charge is 2.39. The summed E-state index contributed by atoms with van der Waals surface area (Å²) in [4.78, 5) is 12.3.